The van der Waals surface area contributed by atoms with Crippen LogP contribution >= 0.6 is 0 Å². The first-order valence-corrected chi connectivity index (χ1v) is 11.5. The quantitative estimate of drug-likeness (QED) is 0.729. The van der Waals surface area contributed by atoms with Crippen molar-refractivity contribution in [1.82, 2.24) is 14.1 Å². The first-order chi connectivity index (χ1) is 13.7. The molecule has 2 fully saturated rings. The van der Waals surface area contributed by atoms with E-state index in [1.54, 1.807) is 25.1 Å². The lowest BCUT2D eigenvalue weighted by Gasteiger charge is -2.27. The molecule has 162 valence electrons. The number of rotatable bonds is 6. The van der Waals surface area contributed by atoms with Crippen LogP contribution in [0.15, 0.2) is 23.1 Å². The van der Waals surface area contributed by atoms with Crippen LogP contribution in [0.1, 0.15) is 12.5 Å². The van der Waals surface area contributed by atoms with Crippen LogP contribution in [0.2, 0.25) is 0 Å². The number of ether oxygens (including phenoxy) is 1. The number of amides is 1. The highest BCUT2D eigenvalue weighted by Crippen LogP contribution is 2.25. The standard InChI is InChI=1S/C20H32N4O4S/c1-15-5-6-17(11-19(15)29(26,27)24-7-9-28-10-8-24)21-20(25)14-23-12-16(2)18(13-23)22(3)4/h5-6,11,16,18H,7-10,12-14H2,1-4H3,(H,21,25). The van der Waals surface area contributed by atoms with Crippen molar-refractivity contribution >= 4 is 21.6 Å². The number of carbonyl (C=O) groups excluding carboxylic acids is 1. The van der Waals surface area contributed by atoms with E-state index in [2.05, 4.69) is 36.1 Å². The summed E-state index contributed by atoms with van der Waals surface area (Å²) in [6, 6.07) is 5.49. The van der Waals surface area contributed by atoms with Crippen LogP contribution in [-0.4, -0.2) is 94.5 Å². The third-order valence-corrected chi connectivity index (χ3v) is 7.78. The Morgan fingerprint density at radius 2 is 1.93 bits per heavy atom. The van der Waals surface area contributed by atoms with Gasteiger partial charge in [0.15, 0.2) is 0 Å². The molecule has 2 atom stereocenters. The zero-order chi connectivity index (χ0) is 21.2. The maximum absolute atomic E-state index is 13.0. The number of hydrogen-bond donors (Lipinski definition) is 1. The molecule has 3 rings (SSSR count). The van der Waals surface area contributed by atoms with Gasteiger partial charge in [0.1, 0.15) is 0 Å². The molecule has 2 aliphatic rings. The van der Waals surface area contributed by atoms with Gasteiger partial charge in [-0.15, -0.1) is 0 Å². The maximum atomic E-state index is 13.0. The molecular formula is C20H32N4O4S. The fourth-order valence-electron chi connectivity index (χ4n) is 4.13. The molecule has 2 aliphatic heterocycles. The summed E-state index contributed by atoms with van der Waals surface area (Å²) in [5, 5.41) is 2.87. The van der Waals surface area contributed by atoms with Crippen molar-refractivity contribution in [2.75, 3.05) is 65.3 Å². The van der Waals surface area contributed by atoms with Crippen molar-refractivity contribution in [2.24, 2.45) is 5.92 Å². The van der Waals surface area contributed by atoms with Gasteiger partial charge in [-0.3, -0.25) is 9.69 Å². The van der Waals surface area contributed by atoms with Gasteiger partial charge in [-0.2, -0.15) is 4.31 Å². The average molecular weight is 425 g/mol. The van der Waals surface area contributed by atoms with E-state index in [1.807, 2.05) is 0 Å². The fourth-order valence-corrected chi connectivity index (χ4v) is 5.79. The van der Waals surface area contributed by atoms with Gasteiger partial charge in [0.25, 0.3) is 0 Å². The summed E-state index contributed by atoms with van der Waals surface area (Å²) in [4.78, 5) is 17.1. The number of aryl methyl sites for hydroxylation is 1. The SMILES string of the molecule is Cc1ccc(NC(=O)CN2CC(C)C(N(C)C)C2)cc1S(=O)(=O)N1CCOCC1. The first-order valence-electron chi connectivity index (χ1n) is 10.1. The second kappa shape index (κ2) is 9.09. The number of nitrogens with zero attached hydrogens (tertiary/aromatic N) is 3. The number of carbonyl (C=O) groups is 1. The van der Waals surface area contributed by atoms with E-state index in [1.165, 1.54) is 4.31 Å². The van der Waals surface area contributed by atoms with Crippen molar-refractivity contribution < 1.29 is 17.9 Å². The lowest BCUT2D eigenvalue weighted by molar-refractivity contribution is -0.117. The van der Waals surface area contributed by atoms with Crippen molar-refractivity contribution in [2.45, 2.75) is 24.8 Å². The number of nitrogens with one attached hydrogen (secondary N) is 1. The van der Waals surface area contributed by atoms with Crippen LogP contribution in [-0.2, 0) is 19.6 Å². The van der Waals surface area contributed by atoms with Gasteiger partial charge in [0.05, 0.1) is 24.7 Å². The minimum atomic E-state index is -3.61. The van der Waals surface area contributed by atoms with Gasteiger partial charge < -0.3 is 15.0 Å². The van der Waals surface area contributed by atoms with E-state index in [0.717, 1.165) is 13.1 Å². The Bertz CT molecular complexity index is 837. The monoisotopic (exact) mass is 424 g/mol. The van der Waals surface area contributed by atoms with Crippen molar-refractivity contribution in [1.29, 1.82) is 0 Å². The zero-order valence-electron chi connectivity index (χ0n) is 17.7. The Morgan fingerprint density at radius 1 is 1.24 bits per heavy atom. The van der Waals surface area contributed by atoms with Gasteiger partial charge >= 0.3 is 0 Å². The summed E-state index contributed by atoms with van der Waals surface area (Å²) in [5.74, 6) is 0.373. The normalized spacial score (nSPS) is 24.2. The minimum absolute atomic E-state index is 0.129. The summed E-state index contributed by atoms with van der Waals surface area (Å²) >= 11 is 0. The molecule has 0 aliphatic carbocycles. The predicted octanol–water partition coefficient (Wildman–Crippen LogP) is 0.836. The average Bonchev–Trinajstić information content (AvgIpc) is 3.04. The van der Waals surface area contributed by atoms with Crippen LogP contribution < -0.4 is 5.32 Å². The third-order valence-electron chi connectivity index (χ3n) is 5.74. The number of likely N-dealkylation sites (tertiary alicyclic amines) is 1. The summed E-state index contributed by atoms with van der Waals surface area (Å²) in [5.41, 5.74) is 1.17. The Balaban J connectivity index is 1.67. The Morgan fingerprint density at radius 3 is 2.55 bits per heavy atom. The number of sulfonamides is 1. The van der Waals surface area contributed by atoms with E-state index in [9.17, 15) is 13.2 Å². The minimum Gasteiger partial charge on any atom is -0.379 e. The molecule has 29 heavy (non-hydrogen) atoms. The first kappa shape index (κ1) is 22.2. The summed E-state index contributed by atoms with van der Waals surface area (Å²) in [6.45, 7) is 7.49. The molecule has 0 aromatic heterocycles. The summed E-state index contributed by atoms with van der Waals surface area (Å²) < 4.78 is 32.7. The van der Waals surface area contributed by atoms with E-state index in [0.29, 0.717) is 56.1 Å². The number of benzene rings is 1. The van der Waals surface area contributed by atoms with Crippen LogP contribution in [0.5, 0.6) is 0 Å². The number of hydrogen-bond acceptors (Lipinski definition) is 6. The molecule has 1 aromatic carbocycles. The largest absolute Gasteiger partial charge is 0.379 e. The molecule has 2 heterocycles. The molecule has 2 unspecified atom stereocenters. The Labute approximate surface area is 173 Å². The molecule has 1 N–H and O–H groups in total. The molecule has 0 spiro atoms. The Kier molecular flexibility index (Phi) is 6.95. The van der Waals surface area contributed by atoms with Crippen molar-refractivity contribution in [3.05, 3.63) is 23.8 Å². The van der Waals surface area contributed by atoms with Crippen LogP contribution in [0, 0.1) is 12.8 Å². The molecular weight excluding hydrogens is 392 g/mol. The van der Waals surface area contributed by atoms with E-state index < -0.39 is 10.0 Å². The second-order valence-corrected chi connectivity index (χ2v) is 10.2. The van der Waals surface area contributed by atoms with Crippen molar-refractivity contribution in [3.8, 4) is 0 Å². The molecule has 0 saturated carbocycles. The molecule has 1 aromatic rings. The highest BCUT2D eigenvalue weighted by atomic mass is 32.2. The van der Waals surface area contributed by atoms with Gasteiger partial charge in [0.2, 0.25) is 15.9 Å². The van der Waals surface area contributed by atoms with E-state index >= 15 is 0 Å². The van der Waals surface area contributed by atoms with Gasteiger partial charge in [-0.05, 0) is 44.6 Å². The van der Waals surface area contributed by atoms with Gasteiger partial charge in [-0.25, -0.2) is 8.42 Å². The molecule has 2 saturated heterocycles. The highest BCUT2D eigenvalue weighted by Gasteiger charge is 2.32. The number of likely N-dealkylation sites (N-methyl/N-ethyl adjacent to an activating group) is 1. The smallest absolute Gasteiger partial charge is 0.243 e. The molecule has 0 radical (unpaired) electrons. The zero-order valence-corrected chi connectivity index (χ0v) is 18.5. The topological polar surface area (TPSA) is 82.2 Å². The third kappa shape index (κ3) is 5.16. The molecule has 1 amide bonds. The lowest BCUT2D eigenvalue weighted by Crippen LogP contribution is -2.40. The predicted molar refractivity (Wildman–Crippen MR) is 112 cm³/mol. The Hall–Kier alpha value is -1.52. The van der Waals surface area contributed by atoms with E-state index in [4.69, 9.17) is 4.74 Å². The van der Waals surface area contributed by atoms with Gasteiger partial charge in [-0.1, -0.05) is 13.0 Å². The molecule has 9 heteroatoms. The summed E-state index contributed by atoms with van der Waals surface area (Å²) in [7, 11) is 0.515. The highest BCUT2D eigenvalue weighted by molar-refractivity contribution is 7.89. The second-order valence-electron chi connectivity index (χ2n) is 8.25. The molecule has 0 bridgehead atoms. The summed E-state index contributed by atoms with van der Waals surface area (Å²) in [6.07, 6.45) is 0. The van der Waals surface area contributed by atoms with Crippen LogP contribution in [0.4, 0.5) is 5.69 Å². The number of anilines is 1. The van der Waals surface area contributed by atoms with Crippen LogP contribution in [0.3, 0.4) is 0 Å². The maximum Gasteiger partial charge on any atom is 0.243 e. The number of morpholine rings is 1. The van der Waals surface area contributed by atoms with E-state index in [-0.39, 0.29) is 10.8 Å². The fraction of sp³-hybridized carbons (Fsp3) is 0.650. The lowest BCUT2D eigenvalue weighted by atomic mass is 10.1. The van der Waals surface area contributed by atoms with Crippen molar-refractivity contribution in [3.63, 3.8) is 0 Å². The van der Waals surface area contributed by atoms with Crippen LogP contribution in [0.25, 0.3) is 0 Å². The molecule has 8 nitrogen and oxygen atoms in total. The van der Waals surface area contributed by atoms with Gasteiger partial charge in [0, 0.05) is 37.9 Å².